The molecular weight excluding hydrogens is 281 g/mol. The Morgan fingerprint density at radius 2 is 1.76 bits per heavy atom. The van der Waals surface area contributed by atoms with Crippen molar-refractivity contribution in [3.05, 3.63) is 65.5 Å². The van der Waals surface area contributed by atoms with Crippen LogP contribution in [0, 0.1) is 11.7 Å². The molecule has 2 aromatic carbocycles. The monoisotopic (exact) mass is 303 g/mol. The molecule has 0 fully saturated rings. The van der Waals surface area contributed by atoms with Gasteiger partial charge in [-0.1, -0.05) is 44.2 Å². The van der Waals surface area contributed by atoms with Crippen LogP contribution in [0.1, 0.15) is 25.0 Å². The maximum Gasteiger partial charge on any atom is 0.127 e. The molecular formula is C18H22FNS. The van der Waals surface area contributed by atoms with Crippen LogP contribution in [0.5, 0.6) is 0 Å². The fourth-order valence-electron chi connectivity index (χ4n) is 1.99. The molecule has 0 unspecified atom stereocenters. The molecule has 112 valence electrons. The Balaban J connectivity index is 1.84. The molecule has 3 heteroatoms. The molecule has 0 atom stereocenters. The molecule has 0 amide bonds. The second kappa shape index (κ2) is 8.20. The highest BCUT2D eigenvalue weighted by Crippen LogP contribution is 2.24. The van der Waals surface area contributed by atoms with Gasteiger partial charge in [0.05, 0.1) is 0 Å². The van der Waals surface area contributed by atoms with Crippen LogP contribution in [-0.2, 0) is 12.3 Å². The maximum absolute atomic E-state index is 13.5. The summed E-state index contributed by atoms with van der Waals surface area (Å²) in [7, 11) is 0. The van der Waals surface area contributed by atoms with E-state index in [0.717, 1.165) is 18.7 Å². The normalized spacial score (nSPS) is 11.0. The summed E-state index contributed by atoms with van der Waals surface area (Å²) >= 11 is 1.66. The van der Waals surface area contributed by atoms with Crippen molar-refractivity contribution in [2.45, 2.75) is 31.0 Å². The fourth-order valence-corrected chi connectivity index (χ4v) is 2.87. The summed E-state index contributed by atoms with van der Waals surface area (Å²) in [6.45, 7) is 6.34. The molecule has 0 spiro atoms. The standard InChI is InChI=1S/C18H22FNS/c1-14(2)11-20-12-15-7-9-17(10-8-15)21-13-16-5-3-4-6-18(16)19/h3-10,14,20H,11-13H2,1-2H3. The van der Waals surface area contributed by atoms with Crippen molar-refractivity contribution in [2.24, 2.45) is 5.92 Å². The number of benzene rings is 2. The van der Waals surface area contributed by atoms with E-state index >= 15 is 0 Å². The highest BCUT2D eigenvalue weighted by atomic mass is 32.2. The number of thioether (sulfide) groups is 1. The van der Waals surface area contributed by atoms with Crippen molar-refractivity contribution in [2.75, 3.05) is 6.54 Å². The van der Waals surface area contributed by atoms with Crippen molar-refractivity contribution >= 4 is 11.8 Å². The quantitative estimate of drug-likeness (QED) is 0.733. The SMILES string of the molecule is CC(C)CNCc1ccc(SCc2ccccc2F)cc1. The molecule has 0 bridgehead atoms. The topological polar surface area (TPSA) is 12.0 Å². The van der Waals surface area contributed by atoms with Crippen LogP contribution in [0.3, 0.4) is 0 Å². The van der Waals surface area contributed by atoms with Gasteiger partial charge in [-0.2, -0.15) is 0 Å². The van der Waals surface area contributed by atoms with E-state index in [1.807, 2.05) is 12.1 Å². The van der Waals surface area contributed by atoms with Gasteiger partial charge in [0.15, 0.2) is 0 Å². The van der Waals surface area contributed by atoms with E-state index < -0.39 is 0 Å². The molecule has 0 aliphatic carbocycles. The number of hydrogen-bond acceptors (Lipinski definition) is 2. The third-order valence-electron chi connectivity index (χ3n) is 3.16. The lowest BCUT2D eigenvalue weighted by Crippen LogP contribution is -2.18. The van der Waals surface area contributed by atoms with Gasteiger partial charge in [0.1, 0.15) is 5.82 Å². The molecule has 0 radical (unpaired) electrons. The van der Waals surface area contributed by atoms with E-state index in [2.05, 4.69) is 43.4 Å². The minimum absolute atomic E-state index is 0.125. The zero-order chi connectivity index (χ0) is 15.1. The van der Waals surface area contributed by atoms with Crippen molar-refractivity contribution in [1.82, 2.24) is 5.32 Å². The van der Waals surface area contributed by atoms with Crippen molar-refractivity contribution in [3.8, 4) is 0 Å². The molecule has 0 aliphatic heterocycles. The van der Waals surface area contributed by atoms with Crippen molar-refractivity contribution in [3.63, 3.8) is 0 Å². The lowest BCUT2D eigenvalue weighted by atomic mass is 10.2. The van der Waals surface area contributed by atoms with Gasteiger partial charge in [0.2, 0.25) is 0 Å². The van der Waals surface area contributed by atoms with Crippen LogP contribution in [0.25, 0.3) is 0 Å². The Morgan fingerprint density at radius 3 is 2.43 bits per heavy atom. The highest BCUT2D eigenvalue weighted by Gasteiger charge is 2.02. The van der Waals surface area contributed by atoms with Crippen molar-refractivity contribution in [1.29, 1.82) is 0 Å². The second-order valence-electron chi connectivity index (χ2n) is 5.55. The minimum Gasteiger partial charge on any atom is -0.312 e. The average molecular weight is 303 g/mol. The van der Waals surface area contributed by atoms with Gasteiger partial charge < -0.3 is 5.32 Å². The van der Waals surface area contributed by atoms with Crippen LogP contribution in [0.2, 0.25) is 0 Å². The largest absolute Gasteiger partial charge is 0.312 e. The van der Waals surface area contributed by atoms with Gasteiger partial charge in [-0.15, -0.1) is 11.8 Å². The summed E-state index contributed by atoms with van der Waals surface area (Å²) in [6.07, 6.45) is 0. The van der Waals surface area contributed by atoms with Gasteiger partial charge in [-0.05, 0) is 41.8 Å². The van der Waals surface area contributed by atoms with Crippen LogP contribution >= 0.6 is 11.8 Å². The lowest BCUT2D eigenvalue weighted by Gasteiger charge is -2.08. The van der Waals surface area contributed by atoms with Gasteiger partial charge in [0.25, 0.3) is 0 Å². The Labute approximate surface area is 131 Å². The average Bonchev–Trinajstić information content (AvgIpc) is 2.47. The van der Waals surface area contributed by atoms with E-state index in [0.29, 0.717) is 11.7 Å². The van der Waals surface area contributed by atoms with Gasteiger partial charge in [-0.25, -0.2) is 4.39 Å². The molecule has 1 N–H and O–H groups in total. The van der Waals surface area contributed by atoms with Gasteiger partial charge >= 0.3 is 0 Å². The molecule has 0 heterocycles. The maximum atomic E-state index is 13.5. The zero-order valence-corrected chi connectivity index (χ0v) is 13.4. The fraction of sp³-hybridized carbons (Fsp3) is 0.333. The van der Waals surface area contributed by atoms with Crippen LogP contribution in [-0.4, -0.2) is 6.54 Å². The first-order chi connectivity index (χ1) is 10.1. The van der Waals surface area contributed by atoms with E-state index in [4.69, 9.17) is 0 Å². The summed E-state index contributed by atoms with van der Waals surface area (Å²) < 4.78 is 13.5. The Morgan fingerprint density at radius 1 is 1.05 bits per heavy atom. The third-order valence-corrected chi connectivity index (χ3v) is 4.22. The summed E-state index contributed by atoms with van der Waals surface area (Å²) in [5.41, 5.74) is 2.04. The van der Waals surface area contributed by atoms with E-state index in [-0.39, 0.29) is 5.82 Å². The number of hydrogen-bond donors (Lipinski definition) is 1. The first kappa shape index (κ1) is 16.1. The lowest BCUT2D eigenvalue weighted by molar-refractivity contribution is 0.552. The molecule has 2 aromatic rings. The van der Waals surface area contributed by atoms with E-state index in [9.17, 15) is 4.39 Å². The Hall–Kier alpha value is -1.32. The van der Waals surface area contributed by atoms with E-state index in [1.165, 1.54) is 16.5 Å². The van der Waals surface area contributed by atoms with Gasteiger partial charge in [0, 0.05) is 17.2 Å². The Kier molecular flexibility index (Phi) is 6.27. The number of halogens is 1. The summed E-state index contributed by atoms with van der Waals surface area (Å²) in [5, 5.41) is 3.43. The van der Waals surface area contributed by atoms with Crippen LogP contribution in [0.15, 0.2) is 53.4 Å². The molecule has 0 saturated carbocycles. The van der Waals surface area contributed by atoms with Crippen LogP contribution < -0.4 is 5.32 Å². The molecule has 21 heavy (non-hydrogen) atoms. The molecule has 0 aliphatic rings. The second-order valence-corrected chi connectivity index (χ2v) is 6.60. The molecule has 2 rings (SSSR count). The molecule has 1 nitrogen and oxygen atoms in total. The third kappa shape index (κ3) is 5.52. The molecule has 0 aromatic heterocycles. The summed E-state index contributed by atoms with van der Waals surface area (Å²) in [4.78, 5) is 1.17. The predicted octanol–water partition coefficient (Wildman–Crippen LogP) is 4.86. The van der Waals surface area contributed by atoms with Gasteiger partial charge in [-0.3, -0.25) is 0 Å². The first-order valence-electron chi connectivity index (χ1n) is 7.31. The predicted molar refractivity (Wildman–Crippen MR) is 88.9 cm³/mol. The number of rotatable bonds is 7. The Bertz CT molecular complexity index is 551. The highest BCUT2D eigenvalue weighted by molar-refractivity contribution is 7.98. The number of nitrogens with one attached hydrogen (secondary N) is 1. The smallest absolute Gasteiger partial charge is 0.127 e. The minimum atomic E-state index is -0.125. The van der Waals surface area contributed by atoms with Crippen molar-refractivity contribution < 1.29 is 4.39 Å². The van der Waals surface area contributed by atoms with Crippen LogP contribution in [0.4, 0.5) is 4.39 Å². The molecule has 0 saturated heterocycles. The summed E-state index contributed by atoms with van der Waals surface area (Å²) in [6, 6.07) is 15.4. The summed E-state index contributed by atoms with van der Waals surface area (Å²) in [5.74, 6) is 1.21. The zero-order valence-electron chi connectivity index (χ0n) is 12.6. The first-order valence-corrected chi connectivity index (χ1v) is 8.29. The van der Waals surface area contributed by atoms with E-state index in [1.54, 1.807) is 17.8 Å².